The molecule has 0 aromatic heterocycles. The van der Waals surface area contributed by atoms with Crippen LogP contribution in [0.1, 0.15) is 80.8 Å². The summed E-state index contributed by atoms with van der Waals surface area (Å²) in [5.74, 6) is -0.386. The third-order valence-electron chi connectivity index (χ3n) is 6.43. The molecule has 3 rings (SSSR count). The standard InChI is InChI=1S/C20H26O3/c1-12(2)13-6-7-15-14(10-13)16(21)11-17-19(15,3)8-5-9-20(17,4)18(22)23/h6-7,10,12,17H,5,8-9,11H2,1-4H3,(H,22,23)/t17?,19-,20+/m1/s1. The van der Waals surface area contributed by atoms with Gasteiger partial charge in [-0.15, -0.1) is 0 Å². The molecule has 1 aromatic carbocycles. The van der Waals surface area contributed by atoms with Gasteiger partial charge in [-0.05, 0) is 54.2 Å². The lowest BCUT2D eigenvalue weighted by Crippen LogP contribution is -2.53. The van der Waals surface area contributed by atoms with E-state index >= 15 is 0 Å². The van der Waals surface area contributed by atoms with Gasteiger partial charge in [0.25, 0.3) is 0 Å². The Morgan fingerprint density at radius 1 is 1.26 bits per heavy atom. The molecule has 1 saturated carbocycles. The van der Waals surface area contributed by atoms with Crippen LogP contribution in [0.25, 0.3) is 0 Å². The lowest BCUT2D eigenvalue weighted by Gasteiger charge is -2.53. The Morgan fingerprint density at radius 2 is 1.96 bits per heavy atom. The second-order valence-corrected chi connectivity index (χ2v) is 8.13. The molecule has 3 atom stereocenters. The quantitative estimate of drug-likeness (QED) is 0.871. The molecule has 23 heavy (non-hydrogen) atoms. The number of carboxylic acid groups (broad SMARTS) is 1. The molecule has 0 saturated heterocycles. The molecule has 0 radical (unpaired) electrons. The van der Waals surface area contributed by atoms with Crippen molar-refractivity contribution in [1.82, 2.24) is 0 Å². The zero-order valence-electron chi connectivity index (χ0n) is 14.5. The molecule has 2 aliphatic carbocycles. The highest BCUT2D eigenvalue weighted by atomic mass is 16.4. The summed E-state index contributed by atoms with van der Waals surface area (Å²) in [5.41, 5.74) is 2.04. The first kappa shape index (κ1) is 16.2. The molecule has 124 valence electrons. The maximum Gasteiger partial charge on any atom is 0.309 e. The molecule has 2 aliphatic rings. The van der Waals surface area contributed by atoms with E-state index in [1.54, 1.807) is 0 Å². The van der Waals surface area contributed by atoms with Gasteiger partial charge in [0.2, 0.25) is 0 Å². The third kappa shape index (κ3) is 2.24. The van der Waals surface area contributed by atoms with Crippen molar-refractivity contribution in [1.29, 1.82) is 0 Å². The van der Waals surface area contributed by atoms with Crippen LogP contribution in [0.4, 0.5) is 0 Å². The number of carbonyl (C=O) groups excluding carboxylic acids is 1. The van der Waals surface area contributed by atoms with Gasteiger partial charge in [0.05, 0.1) is 5.41 Å². The van der Waals surface area contributed by atoms with Gasteiger partial charge in [0.15, 0.2) is 5.78 Å². The van der Waals surface area contributed by atoms with E-state index in [9.17, 15) is 14.7 Å². The van der Waals surface area contributed by atoms with Gasteiger partial charge >= 0.3 is 5.97 Å². The second kappa shape index (κ2) is 5.19. The summed E-state index contributed by atoms with van der Waals surface area (Å²) in [6.45, 7) is 8.25. The molecule has 0 spiro atoms. The van der Waals surface area contributed by atoms with Gasteiger partial charge in [-0.2, -0.15) is 0 Å². The van der Waals surface area contributed by atoms with Gasteiger partial charge < -0.3 is 5.11 Å². The van der Waals surface area contributed by atoms with Crippen LogP contribution < -0.4 is 0 Å². The van der Waals surface area contributed by atoms with Crippen LogP contribution in [0.3, 0.4) is 0 Å². The Labute approximate surface area is 138 Å². The first-order valence-corrected chi connectivity index (χ1v) is 8.61. The number of carbonyl (C=O) groups is 2. The van der Waals surface area contributed by atoms with Crippen molar-refractivity contribution >= 4 is 11.8 Å². The number of aliphatic carboxylic acids is 1. The molecule has 1 aromatic rings. The van der Waals surface area contributed by atoms with E-state index in [2.05, 4.69) is 32.9 Å². The number of Topliss-reactive ketones (excluding diaryl/α,β-unsaturated/α-hetero) is 1. The monoisotopic (exact) mass is 314 g/mol. The largest absolute Gasteiger partial charge is 0.481 e. The molecule has 0 aliphatic heterocycles. The molecule has 1 N–H and O–H groups in total. The van der Waals surface area contributed by atoms with Crippen molar-refractivity contribution in [2.75, 3.05) is 0 Å². The van der Waals surface area contributed by atoms with E-state index in [4.69, 9.17) is 0 Å². The van der Waals surface area contributed by atoms with E-state index in [1.165, 1.54) is 5.56 Å². The van der Waals surface area contributed by atoms with E-state index in [0.717, 1.165) is 24.0 Å². The van der Waals surface area contributed by atoms with Crippen molar-refractivity contribution in [3.8, 4) is 0 Å². The van der Waals surface area contributed by atoms with E-state index in [0.29, 0.717) is 18.8 Å². The number of hydrogen-bond acceptors (Lipinski definition) is 2. The van der Waals surface area contributed by atoms with Crippen molar-refractivity contribution in [3.63, 3.8) is 0 Å². The van der Waals surface area contributed by atoms with E-state index < -0.39 is 11.4 Å². The first-order valence-electron chi connectivity index (χ1n) is 8.61. The minimum absolute atomic E-state index is 0.111. The minimum atomic E-state index is -0.808. The van der Waals surface area contributed by atoms with Crippen molar-refractivity contribution in [2.45, 2.75) is 64.7 Å². The zero-order valence-corrected chi connectivity index (χ0v) is 14.5. The first-order chi connectivity index (χ1) is 10.7. The summed E-state index contributed by atoms with van der Waals surface area (Å²) in [7, 11) is 0. The molecule has 0 heterocycles. The van der Waals surface area contributed by atoms with E-state index in [-0.39, 0.29) is 17.1 Å². The van der Waals surface area contributed by atoms with Crippen LogP contribution in [-0.2, 0) is 10.2 Å². The summed E-state index contributed by atoms with van der Waals surface area (Å²) in [6.07, 6.45) is 2.88. The predicted octanol–water partition coefficient (Wildman–Crippen LogP) is 4.55. The second-order valence-electron chi connectivity index (χ2n) is 8.13. The Kier molecular flexibility index (Phi) is 3.66. The zero-order chi connectivity index (χ0) is 17.0. The van der Waals surface area contributed by atoms with Gasteiger partial charge in [-0.1, -0.05) is 39.3 Å². The third-order valence-corrected chi connectivity index (χ3v) is 6.43. The molecule has 1 unspecified atom stereocenters. The molecule has 0 bridgehead atoms. The van der Waals surface area contributed by atoms with Crippen LogP contribution in [0.15, 0.2) is 18.2 Å². The van der Waals surface area contributed by atoms with Crippen LogP contribution >= 0.6 is 0 Å². The van der Waals surface area contributed by atoms with Gasteiger partial charge in [0, 0.05) is 12.0 Å². The maximum absolute atomic E-state index is 12.8. The molecule has 0 amide bonds. The molecule has 3 nitrogen and oxygen atoms in total. The van der Waals surface area contributed by atoms with Crippen LogP contribution in [0.5, 0.6) is 0 Å². The molecule has 1 fully saturated rings. The van der Waals surface area contributed by atoms with Crippen LogP contribution in [0, 0.1) is 11.3 Å². The summed E-state index contributed by atoms with van der Waals surface area (Å²) in [6, 6.07) is 6.23. The molecular formula is C20H26O3. The highest BCUT2D eigenvalue weighted by Gasteiger charge is 2.56. The maximum atomic E-state index is 12.8. The van der Waals surface area contributed by atoms with Crippen molar-refractivity contribution in [2.24, 2.45) is 11.3 Å². The van der Waals surface area contributed by atoms with Crippen LogP contribution in [0.2, 0.25) is 0 Å². The number of carboxylic acids is 1. The van der Waals surface area contributed by atoms with Crippen molar-refractivity contribution in [3.05, 3.63) is 34.9 Å². The topological polar surface area (TPSA) is 54.4 Å². The normalized spacial score (nSPS) is 33.3. The van der Waals surface area contributed by atoms with Gasteiger partial charge in [0.1, 0.15) is 0 Å². The summed E-state index contributed by atoms with van der Waals surface area (Å²) < 4.78 is 0. The Balaban J connectivity index is 2.16. The Morgan fingerprint density at radius 3 is 2.57 bits per heavy atom. The summed E-state index contributed by atoms with van der Waals surface area (Å²) in [4.78, 5) is 24.7. The minimum Gasteiger partial charge on any atom is -0.481 e. The lowest BCUT2D eigenvalue weighted by atomic mass is 9.49. The smallest absolute Gasteiger partial charge is 0.309 e. The SMILES string of the molecule is CC(C)c1ccc2c(c1)C(=O)CC1[C@@](C)(C(=O)O)CCC[C@]21C. The average Bonchev–Trinajstić information content (AvgIpc) is 2.49. The molecular weight excluding hydrogens is 288 g/mol. The number of fused-ring (bicyclic) bond motifs is 3. The highest BCUT2D eigenvalue weighted by Crippen LogP contribution is 2.57. The van der Waals surface area contributed by atoms with Crippen LogP contribution in [-0.4, -0.2) is 16.9 Å². The number of hydrogen-bond donors (Lipinski definition) is 1. The van der Waals surface area contributed by atoms with Crippen molar-refractivity contribution < 1.29 is 14.7 Å². The Hall–Kier alpha value is -1.64. The summed E-state index contributed by atoms with van der Waals surface area (Å²) in [5, 5.41) is 9.79. The van der Waals surface area contributed by atoms with Gasteiger partial charge in [-0.3, -0.25) is 9.59 Å². The fourth-order valence-electron chi connectivity index (χ4n) is 4.85. The average molecular weight is 314 g/mol. The fourth-order valence-corrected chi connectivity index (χ4v) is 4.85. The van der Waals surface area contributed by atoms with E-state index in [1.807, 2.05) is 13.0 Å². The Bertz CT molecular complexity index is 675. The summed E-state index contributed by atoms with van der Waals surface area (Å²) >= 11 is 0. The lowest BCUT2D eigenvalue weighted by molar-refractivity contribution is -0.156. The fraction of sp³-hybridized carbons (Fsp3) is 0.600. The van der Waals surface area contributed by atoms with Gasteiger partial charge in [-0.25, -0.2) is 0 Å². The number of ketones is 1. The highest BCUT2D eigenvalue weighted by molar-refractivity contribution is 6.00. The number of benzene rings is 1. The predicted molar refractivity (Wildman–Crippen MR) is 89.9 cm³/mol. The number of rotatable bonds is 2. The molecule has 3 heteroatoms.